The minimum Gasteiger partial charge on any atom is -0.453 e. The first-order valence-electron chi connectivity index (χ1n) is 22.2. The van der Waals surface area contributed by atoms with Crippen LogP contribution in [0.15, 0.2) is 241 Å². The second-order valence-corrected chi connectivity index (χ2v) is 17.8. The zero-order valence-corrected chi connectivity index (χ0v) is 36.1. The fourth-order valence-corrected chi connectivity index (χ4v) is 11.4. The number of fused-ring (bicyclic) bond motifs is 10. The molecular formula is C62H39NOS. The van der Waals surface area contributed by atoms with Crippen LogP contribution < -0.4 is 4.90 Å². The second-order valence-electron chi connectivity index (χ2n) is 16.8. The highest BCUT2D eigenvalue weighted by atomic mass is 32.1. The lowest BCUT2D eigenvalue weighted by Gasteiger charge is -2.26. The van der Waals surface area contributed by atoms with Crippen molar-refractivity contribution >= 4 is 92.1 Å². The minimum absolute atomic E-state index is 0.849. The molecule has 0 fully saturated rings. The highest BCUT2D eigenvalue weighted by Gasteiger charge is 2.24. The second kappa shape index (κ2) is 15.2. The lowest BCUT2D eigenvalue weighted by molar-refractivity contribution is 0.670. The highest BCUT2D eigenvalue weighted by molar-refractivity contribution is 7.27. The van der Waals surface area contributed by atoms with Crippen molar-refractivity contribution in [2.75, 3.05) is 4.90 Å². The van der Waals surface area contributed by atoms with Crippen molar-refractivity contribution < 1.29 is 4.42 Å². The fourth-order valence-electron chi connectivity index (χ4n) is 10.0. The molecule has 0 atom stereocenters. The molecule has 0 amide bonds. The van der Waals surface area contributed by atoms with E-state index in [4.69, 9.17) is 4.42 Å². The number of rotatable bonds is 7. The van der Waals surface area contributed by atoms with E-state index in [2.05, 4.69) is 241 Å². The number of thiophene rings is 1. The Kier molecular flexibility index (Phi) is 8.75. The van der Waals surface area contributed by atoms with Gasteiger partial charge < -0.3 is 9.32 Å². The van der Waals surface area contributed by atoms with Crippen LogP contribution in [0.4, 0.5) is 17.1 Å². The molecule has 0 aliphatic rings. The monoisotopic (exact) mass is 845 g/mol. The normalized spacial score (nSPS) is 11.7. The lowest BCUT2D eigenvalue weighted by atomic mass is 9.95. The third-order valence-corrected chi connectivity index (χ3v) is 14.3. The largest absolute Gasteiger partial charge is 0.453 e. The Hall–Kier alpha value is -8.24. The maximum Gasteiger partial charge on any atom is 0.159 e. The van der Waals surface area contributed by atoms with Gasteiger partial charge >= 0.3 is 0 Å². The van der Waals surface area contributed by atoms with Crippen LogP contribution >= 0.6 is 11.3 Å². The Labute approximate surface area is 380 Å². The zero-order valence-electron chi connectivity index (χ0n) is 35.3. The third kappa shape index (κ3) is 6.16. The van der Waals surface area contributed by atoms with Crippen molar-refractivity contribution in [2.24, 2.45) is 0 Å². The van der Waals surface area contributed by atoms with Gasteiger partial charge in [-0.1, -0.05) is 194 Å². The van der Waals surface area contributed by atoms with Gasteiger partial charge in [0.2, 0.25) is 0 Å². The molecule has 0 bridgehead atoms. The van der Waals surface area contributed by atoms with E-state index in [1.54, 1.807) is 0 Å². The molecule has 0 N–H and O–H groups in total. The summed E-state index contributed by atoms with van der Waals surface area (Å²) in [6.07, 6.45) is 0. The van der Waals surface area contributed by atoms with Crippen molar-refractivity contribution in [1.29, 1.82) is 0 Å². The van der Waals surface area contributed by atoms with Crippen LogP contribution in [0.3, 0.4) is 0 Å². The van der Waals surface area contributed by atoms with Crippen LogP contribution in [-0.4, -0.2) is 0 Å². The SMILES string of the molecule is c1ccc(-c2cccc(N(c3ccc(-c4cccc5c4sc4c(-c6ccccc6)cc6ccccc6c45)cc3)c3cccc4c3oc3c(-c5ccccc5)cc5ccccc5c34)c2)cc1. The molecule has 0 radical (unpaired) electrons. The number of anilines is 3. The summed E-state index contributed by atoms with van der Waals surface area (Å²) in [5.74, 6) is 0. The predicted molar refractivity (Wildman–Crippen MR) is 278 cm³/mol. The summed E-state index contributed by atoms with van der Waals surface area (Å²) in [6.45, 7) is 0. The molecule has 13 rings (SSSR count). The Balaban J connectivity index is 1.01. The third-order valence-electron chi connectivity index (χ3n) is 13.0. The van der Waals surface area contributed by atoms with Gasteiger partial charge in [-0.3, -0.25) is 0 Å². The molecule has 304 valence electrons. The molecule has 0 spiro atoms. The molecule has 13 aromatic rings. The van der Waals surface area contributed by atoms with Crippen molar-refractivity contribution in [3.63, 3.8) is 0 Å². The van der Waals surface area contributed by atoms with Crippen LogP contribution in [0.1, 0.15) is 0 Å². The van der Waals surface area contributed by atoms with E-state index in [1.807, 2.05) is 11.3 Å². The number of para-hydroxylation sites is 1. The summed E-state index contributed by atoms with van der Waals surface area (Å²) in [7, 11) is 0. The first-order chi connectivity index (χ1) is 32.2. The van der Waals surface area contributed by atoms with E-state index in [9.17, 15) is 0 Å². The van der Waals surface area contributed by atoms with Gasteiger partial charge in [0.15, 0.2) is 5.58 Å². The van der Waals surface area contributed by atoms with Crippen LogP contribution in [0.5, 0.6) is 0 Å². The zero-order chi connectivity index (χ0) is 42.8. The number of furan rings is 1. The van der Waals surface area contributed by atoms with Crippen LogP contribution in [-0.2, 0) is 0 Å². The van der Waals surface area contributed by atoms with Gasteiger partial charge in [0, 0.05) is 53.4 Å². The molecule has 2 heterocycles. The summed E-state index contributed by atoms with van der Waals surface area (Å²) >= 11 is 1.90. The first kappa shape index (κ1) is 37.3. The summed E-state index contributed by atoms with van der Waals surface area (Å²) in [5, 5.41) is 9.75. The van der Waals surface area contributed by atoms with Crippen molar-refractivity contribution in [1.82, 2.24) is 0 Å². The molecule has 11 aromatic carbocycles. The van der Waals surface area contributed by atoms with E-state index in [1.165, 1.54) is 69.5 Å². The van der Waals surface area contributed by atoms with Crippen LogP contribution in [0, 0.1) is 0 Å². The average Bonchev–Trinajstić information content (AvgIpc) is 3.98. The van der Waals surface area contributed by atoms with E-state index in [0.717, 1.165) is 55.7 Å². The van der Waals surface area contributed by atoms with Gasteiger partial charge in [-0.2, -0.15) is 0 Å². The molecule has 0 aliphatic carbocycles. The smallest absolute Gasteiger partial charge is 0.159 e. The van der Waals surface area contributed by atoms with Crippen molar-refractivity contribution in [3.05, 3.63) is 237 Å². The van der Waals surface area contributed by atoms with Gasteiger partial charge in [-0.15, -0.1) is 11.3 Å². The Morgan fingerprint density at radius 1 is 0.308 bits per heavy atom. The van der Waals surface area contributed by atoms with Gasteiger partial charge in [-0.25, -0.2) is 0 Å². The lowest BCUT2D eigenvalue weighted by Crippen LogP contribution is -2.10. The highest BCUT2D eigenvalue weighted by Crippen LogP contribution is 2.49. The molecule has 3 heteroatoms. The molecule has 65 heavy (non-hydrogen) atoms. The Morgan fingerprint density at radius 3 is 1.57 bits per heavy atom. The maximum atomic E-state index is 7.22. The average molecular weight is 846 g/mol. The molecule has 0 saturated carbocycles. The number of hydrogen-bond donors (Lipinski definition) is 0. The Morgan fingerprint density at radius 2 is 0.846 bits per heavy atom. The van der Waals surface area contributed by atoms with Crippen LogP contribution in [0.2, 0.25) is 0 Å². The molecular weight excluding hydrogens is 807 g/mol. The number of benzene rings is 11. The summed E-state index contributed by atoms with van der Waals surface area (Å²) < 4.78 is 9.83. The minimum atomic E-state index is 0.849. The summed E-state index contributed by atoms with van der Waals surface area (Å²) in [5.41, 5.74) is 14.3. The predicted octanol–water partition coefficient (Wildman–Crippen LogP) is 18.4. The van der Waals surface area contributed by atoms with E-state index in [0.29, 0.717) is 0 Å². The van der Waals surface area contributed by atoms with Crippen LogP contribution in [0.25, 0.3) is 108 Å². The van der Waals surface area contributed by atoms with Crippen molar-refractivity contribution in [2.45, 2.75) is 0 Å². The summed E-state index contributed by atoms with van der Waals surface area (Å²) in [6, 6.07) is 85.5. The topological polar surface area (TPSA) is 16.4 Å². The fraction of sp³-hybridized carbons (Fsp3) is 0. The van der Waals surface area contributed by atoms with Gasteiger partial charge in [0.05, 0.1) is 5.69 Å². The quantitative estimate of drug-likeness (QED) is 0.159. The first-order valence-corrected chi connectivity index (χ1v) is 23.0. The number of hydrogen-bond acceptors (Lipinski definition) is 3. The number of nitrogens with zero attached hydrogens (tertiary/aromatic N) is 1. The molecule has 0 saturated heterocycles. The van der Waals surface area contributed by atoms with E-state index < -0.39 is 0 Å². The van der Waals surface area contributed by atoms with Gasteiger partial charge in [0.25, 0.3) is 0 Å². The molecule has 2 nitrogen and oxygen atoms in total. The Bertz CT molecular complexity index is 3920. The van der Waals surface area contributed by atoms with E-state index in [-0.39, 0.29) is 0 Å². The summed E-state index contributed by atoms with van der Waals surface area (Å²) in [4.78, 5) is 2.36. The molecule has 0 aliphatic heterocycles. The molecule has 2 aromatic heterocycles. The maximum absolute atomic E-state index is 7.22. The van der Waals surface area contributed by atoms with Crippen molar-refractivity contribution in [3.8, 4) is 44.5 Å². The molecule has 0 unspecified atom stereocenters. The van der Waals surface area contributed by atoms with E-state index >= 15 is 0 Å². The van der Waals surface area contributed by atoms with Gasteiger partial charge in [0.1, 0.15) is 5.58 Å². The van der Waals surface area contributed by atoms with Gasteiger partial charge in [-0.05, 0) is 97.4 Å². The standard InChI is InChI=1S/C62H39NOS/c1-4-17-40(18-5-1)44-25-14-26-48(37-44)63(56-32-16-30-52-57-49-27-12-10-23-45(49)38-54(60(57)64-59(52)56)41-19-6-2-7-20-41)47-35-33-43(34-36-47)51-29-15-31-53-58-50-28-13-11-24-46(50)39-55(62(58)65-61(51)53)42-21-8-3-9-22-42/h1-39H.